The minimum absolute atomic E-state index is 0.760. The lowest BCUT2D eigenvalue weighted by Crippen LogP contribution is -2.41. The normalized spacial score (nSPS) is 27.7. The van der Waals surface area contributed by atoms with Crippen molar-refractivity contribution in [1.82, 2.24) is 4.90 Å². The van der Waals surface area contributed by atoms with E-state index in [0.29, 0.717) is 0 Å². The topological polar surface area (TPSA) is 3.24 Å². The fourth-order valence-electron chi connectivity index (χ4n) is 3.19. The van der Waals surface area contributed by atoms with Gasteiger partial charge < -0.3 is 0 Å². The van der Waals surface area contributed by atoms with Crippen molar-refractivity contribution in [1.29, 1.82) is 0 Å². The van der Waals surface area contributed by atoms with E-state index in [1.165, 1.54) is 58.0 Å². The monoisotopic (exact) mass is 193 g/mol. The third-order valence-electron chi connectivity index (χ3n) is 4.22. The summed E-state index contributed by atoms with van der Waals surface area (Å²) >= 11 is 0. The van der Waals surface area contributed by atoms with Gasteiger partial charge >= 0.3 is 0 Å². The highest BCUT2D eigenvalue weighted by Crippen LogP contribution is 2.44. The van der Waals surface area contributed by atoms with Gasteiger partial charge in [0, 0.05) is 6.54 Å². The average Bonchev–Trinajstić information content (AvgIpc) is 2.24. The summed E-state index contributed by atoms with van der Waals surface area (Å²) in [5.74, 6) is 0. The van der Waals surface area contributed by atoms with Crippen LogP contribution in [0.15, 0.2) is 12.7 Å². The molecule has 0 amide bonds. The fourth-order valence-corrected chi connectivity index (χ4v) is 3.19. The van der Waals surface area contributed by atoms with Crippen LogP contribution in [-0.4, -0.2) is 24.5 Å². The molecule has 0 aromatic carbocycles. The Morgan fingerprint density at radius 1 is 1.00 bits per heavy atom. The molecule has 1 heterocycles. The molecule has 0 atom stereocenters. The van der Waals surface area contributed by atoms with Crippen LogP contribution in [-0.2, 0) is 0 Å². The summed E-state index contributed by atoms with van der Waals surface area (Å²) in [4.78, 5) is 2.55. The number of hydrogen-bond donors (Lipinski definition) is 0. The number of rotatable bonds is 2. The Balaban J connectivity index is 1.84. The van der Waals surface area contributed by atoms with Gasteiger partial charge in [0.15, 0.2) is 0 Å². The van der Waals surface area contributed by atoms with Crippen LogP contribution in [0, 0.1) is 5.41 Å². The van der Waals surface area contributed by atoms with E-state index < -0.39 is 0 Å². The van der Waals surface area contributed by atoms with Crippen molar-refractivity contribution in [2.24, 2.45) is 5.41 Å². The van der Waals surface area contributed by atoms with Crippen LogP contribution < -0.4 is 0 Å². The highest BCUT2D eigenvalue weighted by Gasteiger charge is 2.34. The zero-order valence-electron chi connectivity index (χ0n) is 9.30. The van der Waals surface area contributed by atoms with Gasteiger partial charge in [-0.1, -0.05) is 25.3 Å². The van der Waals surface area contributed by atoms with Crippen LogP contribution in [0.5, 0.6) is 0 Å². The zero-order valence-corrected chi connectivity index (χ0v) is 9.30. The first-order valence-electron chi connectivity index (χ1n) is 6.18. The summed E-state index contributed by atoms with van der Waals surface area (Å²) in [6.07, 6.45) is 12.4. The fraction of sp³-hybridized carbons (Fsp3) is 0.846. The molecule has 1 heteroatoms. The summed E-state index contributed by atoms with van der Waals surface area (Å²) in [5, 5.41) is 0. The second kappa shape index (κ2) is 4.48. The molecule has 1 aliphatic carbocycles. The molecule has 1 spiro atoms. The van der Waals surface area contributed by atoms with Crippen molar-refractivity contribution in [3.63, 3.8) is 0 Å². The maximum absolute atomic E-state index is 3.82. The van der Waals surface area contributed by atoms with E-state index in [1.807, 2.05) is 6.08 Å². The molecule has 1 aliphatic heterocycles. The minimum Gasteiger partial charge on any atom is -0.300 e. The molecular weight excluding hydrogens is 170 g/mol. The number of likely N-dealkylation sites (tertiary alicyclic amines) is 1. The van der Waals surface area contributed by atoms with Crippen LogP contribution in [0.2, 0.25) is 0 Å². The molecule has 80 valence electrons. The number of hydrogen-bond acceptors (Lipinski definition) is 1. The molecule has 0 bridgehead atoms. The van der Waals surface area contributed by atoms with Gasteiger partial charge in [-0.05, 0) is 44.2 Å². The van der Waals surface area contributed by atoms with Crippen LogP contribution in [0.3, 0.4) is 0 Å². The van der Waals surface area contributed by atoms with Crippen LogP contribution in [0.4, 0.5) is 0 Å². The third-order valence-corrected chi connectivity index (χ3v) is 4.22. The maximum atomic E-state index is 3.82. The van der Waals surface area contributed by atoms with Crippen molar-refractivity contribution in [2.75, 3.05) is 19.6 Å². The van der Waals surface area contributed by atoms with Gasteiger partial charge in [-0.3, -0.25) is 4.90 Å². The van der Waals surface area contributed by atoms with Crippen LogP contribution in [0.1, 0.15) is 44.9 Å². The van der Waals surface area contributed by atoms with E-state index >= 15 is 0 Å². The van der Waals surface area contributed by atoms with Crippen molar-refractivity contribution < 1.29 is 0 Å². The smallest absolute Gasteiger partial charge is 0.0160 e. The molecule has 2 aliphatic rings. The molecule has 0 aromatic heterocycles. The molecule has 2 fully saturated rings. The second-order valence-corrected chi connectivity index (χ2v) is 5.15. The van der Waals surface area contributed by atoms with Gasteiger partial charge in [-0.2, -0.15) is 0 Å². The average molecular weight is 193 g/mol. The van der Waals surface area contributed by atoms with Crippen molar-refractivity contribution in [3.05, 3.63) is 12.7 Å². The van der Waals surface area contributed by atoms with Crippen molar-refractivity contribution in [3.8, 4) is 0 Å². The first-order valence-corrected chi connectivity index (χ1v) is 6.18. The molecule has 14 heavy (non-hydrogen) atoms. The molecule has 0 N–H and O–H groups in total. The van der Waals surface area contributed by atoms with Crippen molar-refractivity contribution in [2.45, 2.75) is 44.9 Å². The molecule has 1 saturated heterocycles. The lowest BCUT2D eigenvalue weighted by molar-refractivity contribution is 0.0737. The Kier molecular flexibility index (Phi) is 3.27. The Bertz CT molecular complexity index is 181. The quantitative estimate of drug-likeness (QED) is 0.609. The lowest BCUT2D eigenvalue weighted by Gasteiger charge is -2.44. The molecule has 1 saturated carbocycles. The summed E-state index contributed by atoms with van der Waals surface area (Å²) in [5.41, 5.74) is 0.760. The van der Waals surface area contributed by atoms with Gasteiger partial charge in [-0.25, -0.2) is 0 Å². The Morgan fingerprint density at radius 3 is 2.21 bits per heavy atom. The minimum atomic E-state index is 0.760. The SMILES string of the molecule is C=CCN1CCC2(CCCCC2)CC1. The zero-order chi connectivity index (χ0) is 9.86. The van der Waals surface area contributed by atoms with Crippen molar-refractivity contribution >= 4 is 0 Å². The standard InChI is InChI=1S/C13H23N/c1-2-10-14-11-8-13(9-12-14)6-4-3-5-7-13/h2H,1,3-12H2. The number of piperidine rings is 1. The molecule has 2 rings (SSSR count). The predicted molar refractivity (Wildman–Crippen MR) is 61.4 cm³/mol. The van der Waals surface area contributed by atoms with E-state index in [1.54, 1.807) is 0 Å². The summed E-state index contributed by atoms with van der Waals surface area (Å²) < 4.78 is 0. The summed E-state index contributed by atoms with van der Waals surface area (Å²) in [6.45, 7) is 7.53. The molecular formula is C13H23N. The Hall–Kier alpha value is -0.300. The molecule has 0 aromatic rings. The second-order valence-electron chi connectivity index (χ2n) is 5.15. The first-order chi connectivity index (χ1) is 6.85. The number of nitrogens with zero attached hydrogens (tertiary/aromatic N) is 1. The van der Waals surface area contributed by atoms with E-state index in [2.05, 4.69) is 11.5 Å². The summed E-state index contributed by atoms with van der Waals surface area (Å²) in [7, 11) is 0. The molecule has 0 unspecified atom stereocenters. The summed E-state index contributed by atoms with van der Waals surface area (Å²) in [6, 6.07) is 0. The molecule has 1 nitrogen and oxygen atoms in total. The highest BCUT2D eigenvalue weighted by atomic mass is 15.1. The van der Waals surface area contributed by atoms with E-state index in [-0.39, 0.29) is 0 Å². The molecule has 0 radical (unpaired) electrons. The van der Waals surface area contributed by atoms with E-state index in [0.717, 1.165) is 12.0 Å². The van der Waals surface area contributed by atoms with Gasteiger partial charge in [0.25, 0.3) is 0 Å². The van der Waals surface area contributed by atoms with Crippen LogP contribution in [0.25, 0.3) is 0 Å². The van der Waals surface area contributed by atoms with Gasteiger partial charge in [0.05, 0.1) is 0 Å². The third kappa shape index (κ3) is 2.20. The van der Waals surface area contributed by atoms with E-state index in [4.69, 9.17) is 0 Å². The van der Waals surface area contributed by atoms with E-state index in [9.17, 15) is 0 Å². The largest absolute Gasteiger partial charge is 0.300 e. The van der Waals surface area contributed by atoms with Gasteiger partial charge in [-0.15, -0.1) is 6.58 Å². The van der Waals surface area contributed by atoms with Crippen LogP contribution >= 0.6 is 0 Å². The highest BCUT2D eigenvalue weighted by molar-refractivity contribution is 4.89. The predicted octanol–water partition coefficient (Wildman–Crippen LogP) is 3.22. The Labute approximate surface area is 88.2 Å². The first kappa shape index (κ1) is 10.2. The lowest BCUT2D eigenvalue weighted by atomic mass is 9.68. The maximum Gasteiger partial charge on any atom is 0.0160 e. The van der Waals surface area contributed by atoms with Gasteiger partial charge in [0.1, 0.15) is 0 Å². The Morgan fingerprint density at radius 2 is 1.64 bits per heavy atom. The van der Waals surface area contributed by atoms with Gasteiger partial charge in [0.2, 0.25) is 0 Å².